The maximum absolute atomic E-state index is 12.0. The summed E-state index contributed by atoms with van der Waals surface area (Å²) in [4.78, 5) is 18.6. The first-order valence-corrected chi connectivity index (χ1v) is 8.31. The van der Waals surface area contributed by atoms with Crippen LogP contribution in [0.5, 0.6) is 0 Å². The molecule has 0 saturated carbocycles. The molecule has 0 spiro atoms. The molecule has 1 heterocycles. The van der Waals surface area contributed by atoms with Gasteiger partial charge in [0.1, 0.15) is 0 Å². The lowest BCUT2D eigenvalue weighted by atomic mass is 10.2. The van der Waals surface area contributed by atoms with Gasteiger partial charge >= 0.3 is 0 Å². The number of thiazole rings is 1. The van der Waals surface area contributed by atoms with Crippen LogP contribution in [0, 0.1) is 0 Å². The highest BCUT2D eigenvalue weighted by Gasteiger charge is 2.08. The number of carbonyl (C=O) groups excluding carboxylic acids is 1. The normalized spacial score (nSPS) is 10.3. The Labute approximate surface area is 135 Å². The number of carbonyl (C=O) groups is 1. The summed E-state index contributed by atoms with van der Waals surface area (Å²) in [7, 11) is 1.82. The van der Waals surface area contributed by atoms with E-state index >= 15 is 0 Å². The third-order valence-electron chi connectivity index (χ3n) is 3.39. The van der Waals surface area contributed by atoms with E-state index in [1.165, 1.54) is 17.0 Å². The van der Waals surface area contributed by atoms with Crippen molar-refractivity contribution in [2.75, 3.05) is 35.7 Å². The molecule has 2 aromatic rings. The third-order valence-corrected chi connectivity index (χ3v) is 4.30. The largest absolute Gasteiger partial charge is 0.372 e. The van der Waals surface area contributed by atoms with E-state index in [1.807, 2.05) is 36.7 Å². The number of nitrogens with one attached hydrogen (secondary N) is 2. The van der Waals surface area contributed by atoms with Crippen LogP contribution < -0.4 is 15.5 Å². The molecular weight excluding hydrogens is 296 g/mol. The van der Waals surface area contributed by atoms with Gasteiger partial charge in [0.15, 0.2) is 5.13 Å². The minimum atomic E-state index is -0.0523. The quantitative estimate of drug-likeness (QED) is 0.823. The van der Waals surface area contributed by atoms with Crippen LogP contribution in [-0.2, 0) is 11.2 Å². The van der Waals surface area contributed by atoms with Gasteiger partial charge in [0.2, 0.25) is 5.91 Å². The average molecular weight is 318 g/mol. The van der Waals surface area contributed by atoms with Crippen molar-refractivity contribution in [3.8, 4) is 0 Å². The van der Waals surface area contributed by atoms with Crippen molar-refractivity contribution >= 4 is 33.8 Å². The van der Waals surface area contributed by atoms with E-state index in [-0.39, 0.29) is 12.3 Å². The van der Waals surface area contributed by atoms with Crippen LogP contribution in [0.4, 0.5) is 16.5 Å². The van der Waals surface area contributed by atoms with Crippen LogP contribution in [0.15, 0.2) is 29.6 Å². The fraction of sp³-hybridized carbons (Fsp3) is 0.375. The number of hydrogen-bond donors (Lipinski definition) is 2. The monoisotopic (exact) mass is 318 g/mol. The van der Waals surface area contributed by atoms with Gasteiger partial charge in [-0.05, 0) is 38.1 Å². The van der Waals surface area contributed by atoms with Crippen molar-refractivity contribution < 1.29 is 4.79 Å². The fourth-order valence-corrected chi connectivity index (χ4v) is 2.89. The number of anilines is 3. The maximum atomic E-state index is 12.0. The Balaban J connectivity index is 1.93. The van der Waals surface area contributed by atoms with Crippen molar-refractivity contribution in [1.82, 2.24) is 4.98 Å². The zero-order valence-corrected chi connectivity index (χ0v) is 14.0. The van der Waals surface area contributed by atoms with E-state index in [1.54, 1.807) is 0 Å². The summed E-state index contributed by atoms with van der Waals surface area (Å²) < 4.78 is 0. The Bertz CT molecular complexity index is 605. The molecule has 1 aromatic heterocycles. The molecule has 2 rings (SSSR count). The van der Waals surface area contributed by atoms with Gasteiger partial charge < -0.3 is 15.5 Å². The van der Waals surface area contributed by atoms with Crippen molar-refractivity contribution in [3.05, 3.63) is 35.3 Å². The summed E-state index contributed by atoms with van der Waals surface area (Å²) in [6, 6.07) is 7.94. The number of amides is 1. The Morgan fingerprint density at radius 2 is 1.91 bits per heavy atom. The third kappa shape index (κ3) is 4.21. The molecule has 1 aromatic carbocycles. The molecule has 0 aliphatic carbocycles. The van der Waals surface area contributed by atoms with Gasteiger partial charge in [0.25, 0.3) is 0 Å². The molecule has 6 heteroatoms. The summed E-state index contributed by atoms with van der Waals surface area (Å²) >= 11 is 1.50. The molecular formula is C16H22N4OS. The highest BCUT2D eigenvalue weighted by atomic mass is 32.1. The molecule has 0 fully saturated rings. The van der Waals surface area contributed by atoms with Crippen molar-refractivity contribution in [2.45, 2.75) is 20.3 Å². The van der Waals surface area contributed by atoms with E-state index in [9.17, 15) is 4.79 Å². The topological polar surface area (TPSA) is 57.3 Å². The van der Waals surface area contributed by atoms with Gasteiger partial charge in [-0.2, -0.15) is 0 Å². The predicted molar refractivity (Wildman–Crippen MR) is 94.0 cm³/mol. The minimum absolute atomic E-state index is 0.0523. The molecule has 0 saturated heterocycles. The van der Waals surface area contributed by atoms with Gasteiger partial charge in [-0.3, -0.25) is 4.79 Å². The maximum Gasteiger partial charge on any atom is 0.230 e. The first kappa shape index (κ1) is 16.3. The van der Waals surface area contributed by atoms with E-state index < -0.39 is 0 Å². The summed E-state index contributed by atoms with van der Waals surface area (Å²) in [5.41, 5.74) is 2.76. The van der Waals surface area contributed by atoms with Gasteiger partial charge in [0, 0.05) is 36.9 Å². The average Bonchev–Trinajstić information content (AvgIpc) is 2.97. The first-order valence-electron chi connectivity index (χ1n) is 7.43. The van der Waals surface area contributed by atoms with E-state index in [4.69, 9.17) is 0 Å². The molecule has 0 aliphatic heterocycles. The van der Waals surface area contributed by atoms with Crippen LogP contribution in [0.1, 0.15) is 19.5 Å². The lowest BCUT2D eigenvalue weighted by Crippen LogP contribution is -2.21. The van der Waals surface area contributed by atoms with Crippen LogP contribution in [-0.4, -0.2) is 31.0 Å². The highest BCUT2D eigenvalue weighted by molar-refractivity contribution is 7.13. The molecule has 2 N–H and O–H groups in total. The highest BCUT2D eigenvalue weighted by Crippen LogP contribution is 2.18. The lowest BCUT2D eigenvalue weighted by Gasteiger charge is -2.21. The Morgan fingerprint density at radius 3 is 2.45 bits per heavy atom. The zero-order valence-electron chi connectivity index (χ0n) is 13.2. The predicted octanol–water partition coefficient (Wildman–Crippen LogP) is 3.21. The molecule has 0 aliphatic rings. The van der Waals surface area contributed by atoms with Gasteiger partial charge in [-0.1, -0.05) is 0 Å². The van der Waals surface area contributed by atoms with Gasteiger partial charge in [-0.25, -0.2) is 4.98 Å². The number of hydrogen-bond acceptors (Lipinski definition) is 5. The zero-order chi connectivity index (χ0) is 15.9. The molecule has 118 valence electrons. The second kappa shape index (κ2) is 7.79. The van der Waals surface area contributed by atoms with Gasteiger partial charge in [-0.15, -0.1) is 11.3 Å². The molecule has 1 amide bonds. The van der Waals surface area contributed by atoms with Crippen LogP contribution in [0.3, 0.4) is 0 Å². The van der Waals surface area contributed by atoms with E-state index in [0.717, 1.165) is 29.6 Å². The van der Waals surface area contributed by atoms with Crippen LogP contribution in [0.25, 0.3) is 0 Å². The Hall–Kier alpha value is -2.08. The van der Waals surface area contributed by atoms with Crippen molar-refractivity contribution in [3.63, 3.8) is 0 Å². The smallest absolute Gasteiger partial charge is 0.230 e. The van der Waals surface area contributed by atoms with Crippen molar-refractivity contribution in [2.24, 2.45) is 0 Å². The second-order valence-electron chi connectivity index (χ2n) is 4.84. The van der Waals surface area contributed by atoms with Crippen LogP contribution >= 0.6 is 11.3 Å². The number of rotatable bonds is 7. The molecule has 0 unspecified atom stereocenters. The minimum Gasteiger partial charge on any atom is -0.372 e. The molecule has 0 radical (unpaired) electrons. The molecule has 0 bridgehead atoms. The van der Waals surface area contributed by atoms with E-state index in [0.29, 0.717) is 0 Å². The summed E-state index contributed by atoms with van der Waals surface area (Å²) in [5.74, 6) is -0.0523. The number of benzene rings is 1. The molecule has 22 heavy (non-hydrogen) atoms. The van der Waals surface area contributed by atoms with Crippen LogP contribution in [0.2, 0.25) is 0 Å². The summed E-state index contributed by atoms with van der Waals surface area (Å²) in [5, 5.41) is 8.60. The molecule has 0 atom stereocenters. The van der Waals surface area contributed by atoms with Crippen molar-refractivity contribution in [1.29, 1.82) is 0 Å². The first-order chi connectivity index (χ1) is 10.7. The number of nitrogens with zero attached hydrogens (tertiary/aromatic N) is 2. The Kier molecular flexibility index (Phi) is 5.77. The lowest BCUT2D eigenvalue weighted by molar-refractivity contribution is -0.115. The fourth-order valence-electron chi connectivity index (χ4n) is 2.22. The Morgan fingerprint density at radius 1 is 1.23 bits per heavy atom. The number of aromatic nitrogens is 1. The molecule has 5 nitrogen and oxygen atoms in total. The second-order valence-corrected chi connectivity index (χ2v) is 5.70. The standard InChI is InChI=1S/C16H22N4OS/c1-4-20(5-2)14-8-6-12(7-9-14)18-15(21)10-13-11-22-16(17-3)19-13/h6-9,11H,4-5,10H2,1-3H3,(H,17,19)(H,18,21). The van der Waals surface area contributed by atoms with E-state index in [2.05, 4.69) is 34.4 Å². The van der Waals surface area contributed by atoms with Gasteiger partial charge in [0.05, 0.1) is 12.1 Å². The summed E-state index contributed by atoms with van der Waals surface area (Å²) in [6.45, 7) is 6.21. The SMILES string of the molecule is CCN(CC)c1ccc(NC(=O)Cc2csc(NC)n2)cc1. The summed E-state index contributed by atoms with van der Waals surface area (Å²) in [6.07, 6.45) is 0.288.